The Hall–Kier alpha value is -3.50. The summed E-state index contributed by atoms with van der Waals surface area (Å²) in [7, 11) is 1.54. The third-order valence-corrected chi connectivity index (χ3v) is 5.78. The van der Waals surface area contributed by atoms with E-state index >= 15 is 0 Å². The first-order valence-electron chi connectivity index (χ1n) is 10.6. The maximum atomic E-state index is 13.1. The van der Waals surface area contributed by atoms with Gasteiger partial charge in [0.25, 0.3) is 5.91 Å². The second-order valence-electron chi connectivity index (χ2n) is 7.86. The van der Waals surface area contributed by atoms with Crippen molar-refractivity contribution in [2.45, 2.75) is 25.9 Å². The molecule has 2 amide bonds. The number of halogens is 2. The van der Waals surface area contributed by atoms with E-state index in [0.717, 1.165) is 12.8 Å². The van der Waals surface area contributed by atoms with Gasteiger partial charge < -0.3 is 29.7 Å². The lowest BCUT2D eigenvalue weighted by atomic mass is 10.2. The largest absolute Gasteiger partial charge is 0.493 e. The molecule has 1 aliphatic rings. The van der Waals surface area contributed by atoms with E-state index in [1.807, 2.05) is 0 Å². The summed E-state index contributed by atoms with van der Waals surface area (Å²) in [6.07, 6.45) is 2.87. The number of nitrogens with two attached hydrogens (primary N) is 1. The first kappa shape index (κ1) is 24.6. The maximum Gasteiger partial charge on any atom is 0.405 e. The van der Waals surface area contributed by atoms with Gasteiger partial charge in [0.15, 0.2) is 29.1 Å². The average molecular weight is 521 g/mol. The van der Waals surface area contributed by atoms with Gasteiger partial charge in [-0.1, -0.05) is 23.2 Å². The van der Waals surface area contributed by atoms with Crippen LogP contribution in [0.4, 0.5) is 10.5 Å². The van der Waals surface area contributed by atoms with E-state index in [0.29, 0.717) is 29.6 Å². The van der Waals surface area contributed by atoms with Gasteiger partial charge in [-0.15, -0.1) is 0 Å². The van der Waals surface area contributed by atoms with Crippen LogP contribution in [0.1, 0.15) is 42.1 Å². The Morgan fingerprint density at radius 3 is 2.57 bits per heavy atom. The summed E-state index contributed by atoms with van der Waals surface area (Å²) in [6, 6.07) is 5.12. The minimum Gasteiger partial charge on any atom is -0.493 e. The molecule has 2 heterocycles. The molecule has 10 nitrogen and oxygen atoms in total. The number of amides is 2. The second-order valence-corrected chi connectivity index (χ2v) is 8.68. The number of nitrogens with one attached hydrogen (secondary N) is 1. The van der Waals surface area contributed by atoms with Gasteiger partial charge in [0.1, 0.15) is 0 Å². The highest BCUT2D eigenvalue weighted by Crippen LogP contribution is 2.37. The van der Waals surface area contributed by atoms with Gasteiger partial charge in [-0.05, 0) is 43.9 Å². The predicted molar refractivity (Wildman–Crippen MR) is 128 cm³/mol. The molecular weight excluding hydrogens is 499 g/mol. The highest BCUT2D eigenvalue weighted by Gasteiger charge is 2.28. The number of hydrogen-bond acceptors (Lipinski definition) is 8. The minimum absolute atomic E-state index is 0.0196. The Bertz CT molecular complexity index is 1240. The summed E-state index contributed by atoms with van der Waals surface area (Å²) in [5.41, 5.74) is 5.67. The van der Waals surface area contributed by atoms with E-state index in [2.05, 4.69) is 15.3 Å². The molecular formula is C23H22Cl2N4O6. The second kappa shape index (κ2) is 10.4. The molecule has 1 saturated carbocycles. The standard InChI is InChI=1S/C23H22Cl2N4O6/c1-11(34-23(26)31)20-19(21(30)28-18-14(24)8-27-9-15(18)25)29-22(35-20)13-5-6-16(32-2)17(7-13)33-10-12-3-4-12/h5-9,11-12H,3-4,10H2,1-2H3,(H2,26,31)(H,27,28,30). The zero-order valence-corrected chi connectivity index (χ0v) is 20.4. The maximum absolute atomic E-state index is 13.1. The summed E-state index contributed by atoms with van der Waals surface area (Å²) < 4.78 is 22.2. The van der Waals surface area contributed by atoms with Crippen LogP contribution in [0.15, 0.2) is 35.0 Å². The Kier molecular flexibility index (Phi) is 7.32. The number of ether oxygens (including phenoxy) is 3. The van der Waals surface area contributed by atoms with Crippen molar-refractivity contribution in [3.05, 3.63) is 52.1 Å². The summed E-state index contributed by atoms with van der Waals surface area (Å²) in [4.78, 5) is 32.7. The third-order valence-electron chi connectivity index (χ3n) is 5.20. The number of aromatic nitrogens is 2. The van der Waals surface area contributed by atoms with E-state index in [9.17, 15) is 9.59 Å². The molecule has 1 unspecified atom stereocenters. The van der Waals surface area contributed by atoms with Crippen molar-refractivity contribution in [2.75, 3.05) is 19.0 Å². The van der Waals surface area contributed by atoms with Crippen molar-refractivity contribution in [3.8, 4) is 23.0 Å². The smallest absolute Gasteiger partial charge is 0.405 e. The van der Waals surface area contributed by atoms with Gasteiger partial charge in [-0.3, -0.25) is 9.78 Å². The zero-order valence-electron chi connectivity index (χ0n) is 18.8. The number of methoxy groups -OCH3 is 1. The molecule has 2 aromatic heterocycles. The molecule has 184 valence electrons. The number of oxazole rings is 1. The zero-order chi connectivity index (χ0) is 25.1. The fourth-order valence-corrected chi connectivity index (χ4v) is 3.70. The van der Waals surface area contributed by atoms with Crippen molar-refractivity contribution in [1.29, 1.82) is 0 Å². The highest BCUT2D eigenvalue weighted by molar-refractivity contribution is 6.39. The molecule has 0 bridgehead atoms. The lowest BCUT2D eigenvalue weighted by Gasteiger charge is -2.11. The molecule has 1 fully saturated rings. The highest BCUT2D eigenvalue weighted by atomic mass is 35.5. The Morgan fingerprint density at radius 1 is 1.23 bits per heavy atom. The van der Waals surface area contributed by atoms with Gasteiger partial charge >= 0.3 is 6.09 Å². The van der Waals surface area contributed by atoms with Gasteiger partial charge in [0.2, 0.25) is 5.89 Å². The molecule has 35 heavy (non-hydrogen) atoms. The number of primary amides is 1. The van der Waals surface area contributed by atoms with Gasteiger partial charge in [0, 0.05) is 18.0 Å². The van der Waals surface area contributed by atoms with Gasteiger partial charge in [-0.25, -0.2) is 9.78 Å². The molecule has 1 atom stereocenters. The fourth-order valence-electron chi connectivity index (χ4n) is 3.24. The van der Waals surface area contributed by atoms with Crippen LogP contribution in [0, 0.1) is 5.92 Å². The molecule has 1 aliphatic carbocycles. The van der Waals surface area contributed by atoms with Crippen LogP contribution in [0.25, 0.3) is 11.5 Å². The van der Waals surface area contributed by atoms with Crippen LogP contribution in [-0.2, 0) is 4.74 Å². The summed E-state index contributed by atoms with van der Waals surface area (Å²) >= 11 is 12.2. The third kappa shape index (κ3) is 5.77. The summed E-state index contributed by atoms with van der Waals surface area (Å²) in [6.45, 7) is 2.07. The minimum atomic E-state index is -1.04. The van der Waals surface area contributed by atoms with E-state index in [1.54, 1.807) is 25.3 Å². The molecule has 0 spiro atoms. The topological polar surface area (TPSA) is 139 Å². The molecule has 3 N–H and O–H groups in total. The number of anilines is 1. The lowest BCUT2D eigenvalue weighted by molar-refractivity contribution is 0.0956. The Morgan fingerprint density at radius 2 is 1.94 bits per heavy atom. The molecule has 0 radical (unpaired) electrons. The predicted octanol–water partition coefficient (Wildman–Crippen LogP) is 5.25. The van der Waals surface area contributed by atoms with E-state index in [-0.39, 0.29) is 33.1 Å². The Balaban J connectivity index is 1.70. The average Bonchev–Trinajstić information content (AvgIpc) is 3.54. The van der Waals surface area contributed by atoms with Gasteiger partial charge in [-0.2, -0.15) is 0 Å². The van der Waals surface area contributed by atoms with E-state index < -0.39 is 18.1 Å². The van der Waals surface area contributed by atoms with Crippen molar-refractivity contribution in [3.63, 3.8) is 0 Å². The number of nitrogens with zero attached hydrogens (tertiary/aromatic N) is 2. The van der Waals surface area contributed by atoms with E-state index in [1.165, 1.54) is 19.3 Å². The molecule has 0 saturated heterocycles. The summed E-state index contributed by atoms with van der Waals surface area (Å²) in [5, 5.41) is 2.86. The lowest BCUT2D eigenvalue weighted by Crippen LogP contribution is -2.19. The van der Waals surface area contributed by atoms with Crippen LogP contribution in [-0.4, -0.2) is 35.7 Å². The first-order valence-corrected chi connectivity index (χ1v) is 11.4. The molecule has 1 aromatic carbocycles. The van der Waals surface area contributed by atoms with Crippen molar-refractivity contribution >= 4 is 40.9 Å². The number of carbonyl (C=O) groups is 2. The molecule has 12 heteroatoms. The SMILES string of the molecule is COc1ccc(-c2nc(C(=O)Nc3c(Cl)cncc3Cl)c(C(C)OC(N)=O)o2)cc1OCC1CC1. The number of pyridine rings is 1. The van der Waals surface area contributed by atoms with Crippen molar-refractivity contribution in [1.82, 2.24) is 9.97 Å². The number of rotatable bonds is 9. The van der Waals surface area contributed by atoms with Crippen LogP contribution < -0.4 is 20.5 Å². The van der Waals surface area contributed by atoms with Crippen LogP contribution in [0.5, 0.6) is 11.5 Å². The number of carbonyl (C=O) groups excluding carboxylic acids is 2. The van der Waals surface area contributed by atoms with Crippen molar-refractivity contribution in [2.24, 2.45) is 11.7 Å². The normalized spacial score (nSPS) is 13.7. The molecule has 3 aromatic rings. The van der Waals surface area contributed by atoms with Gasteiger partial charge in [0.05, 0.1) is 29.4 Å². The summed E-state index contributed by atoms with van der Waals surface area (Å²) in [5.74, 6) is 0.977. The van der Waals surface area contributed by atoms with Crippen LogP contribution >= 0.6 is 23.2 Å². The quantitative estimate of drug-likeness (QED) is 0.389. The Labute approximate surface area is 210 Å². The van der Waals surface area contributed by atoms with Crippen molar-refractivity contribution < 1.29 is 28.2 Å². The first-order chi connectivity index (χ1) is 16.8. The number of hydrogen-bond donors (Lipinski definition) is 2. The van der Waals surface area contributed by atoms with E-state index in [4.69, 9.17) is 47.6 Å². The van der Waals surface area contributed by atoms with Crippen LogP contribution in [0.2, 0.25) is 10.0 Å². The fraction of sp³-hybridized carbons (Fsp3) is 0.304. The molecule has 0 aliphatic heterocycles. The monoisotopic (exact) mass is 520 g/mol. The molecule has 4 rings (SSSR count). The van der Waals surface area contributed by atoms with Crippen LogP contribution in [0.3, 0.4) is 0 Å². The number of benzene rings is 1.